The van der Waals surface area contributed by atoms with Crippen molar-refractivity contribution in [2.75, 3.05) is 12.3 Å². The molecule has 0 spiro atoms. The molecule has 0 rings (SSSR count). The van der Waals surface area contributed by atoms with E-state index in [1.54, 1.807) is 0 Å². The van der Waals surface area contributed by atoms with E-state index in [-0.39, 0.29) is 11.8 Å². The van der Waals surface area contributed by atoms with Gasteiger partial charge in [-0.25, -0.2) is 0 Å². The SMILES string of the molecule is CC(C)OP(=O)(SCCN(C(C)C)C(C)C)C(C)C. The Hall–Kier alpha value is 0.500. The fraction of sp³-hybridized carbons (Fsp3) is 1.00. The van der Waals surface area contributed by atoms with Gasteiger partial charge >= 0.3 is 0 Å². The highest BCUT2D eigenvalue weighted by atomic mass is 32.7. The molecule has 0 heterocycles. The molecular formula is C14H32NO2PS. The lowest BCUT2D eigenvalue weighted by molar-refractivity contribution is 0.187. The zero-order chi connectivity index (χ0) is 15.2. The van der Waals surface area contributed by atoms with E-state index in [1.165, 1.54) is 11.4 Å². The van der Waals surface area contributed by atoms with Crippen molar-refractivity contribution in [1.82, 2.24) is 4.90 Å². The molecule has 0 fully saturated rings. The molecule has 1 atom stereocenters. The summed E-state index contributed by atoms with van der Waals surface area (Å²) in [5.41, 5.74) is 0.0754. The molecule has 19 heavy (non-hydrogen) atoms. The fourth-order valence-corrected chi connectivity index (χ4v) is 6.32. The largest absolute Gasteiger partial charge is 0.318 e. The summed E-state index contributed by atoms with van der Waals surface area (Å²) in [6.07, 6.45) is 0.0204. The molecule has 0 aromatic heterocycles. The fourth-order valence-electron chi connectivity index (χ4n) is 1.98. The Morgan fingerprint density at radius 1 is 1.00 bits per heavy atom. The predicted molar refractivity (Wildman–Crippen MR) is 88.4 cm³/mol. The summed E-state index contributed by atoms with van der Waals surface area (Å²) in [5, 5.41) is 0. The number of hydrogen-bond acceptors (Lipinski definition) is 4. The van der Waals surface area contributed by atoms with Crippen molar-refractivity contribution in [3.8, 4) is 0 Å². The van der Waals surface area contributed by atoms with E-state index < -0.39 is 6.57 Å². The Kier molecular flexibility index (Phi) is 8.94. The van der Waals surface area contributed by atoms with E-state index in [2.05, 4.69) is 32.6 Å². The molecule has 0 amide bonds. The predicted octanol–water partition coefficient (Wildman–Crippen LogP) is 4.86. The van der Waals surface area contributed by atoms with Crippen LogP contribution in [0.2, 0.25) is 0 Å². The molecule has 5 heteroatoms. The smallest absolute Gasteiger partial charge is 0.260 e. The molecule has 0 radical (unpaired) electrons. The molecule has 0 N–H and O–H groups in total. The van der Waals surface area contributed by atoms with E-state index in [4.69, 9.17) is 4.52 Å². The van der Waals surface area contributed by atoms with Gasteiger partial charge in [0.2, 0.25) is 0 Å². The highest BCUT2D eigenvalue weighted by molar-refractivity contribution is 8.56. The van der Waals surface area contributed by atoms with E-state index in [1.807, 2.05) is 27.7 Å². The van der Waals surface area contributed by atoms with Gasteiger partial charge in [0.25, 0.3) is 6.57 Å². The molecule has 0 aromatic rings. The van der Waals surface area contributed by atoms with Gasteiger partial charge in [0.15, 0.2) is 0 Å². The van der Waals surface area contributed by atoms with Gasteiger partial charge in [-0.2, -0.15) is 0 Å². The molecular weight excluding hydrogens is 277 g/mol. The summed E-state index contributed by atoms with van der Waals surface area (Å²) >= 11 is 1.52. The van der Waals surface area contributed by atoms with Crippen molar-refractivity contribution in [2.24, 2.45) is 0 Å². The Morgan fingerprint density at radius 3 is 1.79 bits per heavy atom. The number of hydrogen-bond donors (Lipinski definition) is 0. The van der Waals surface area contributed by atoms with Crippen LogP contribution in [-0.4, -0.2) is 41.0 Å². The standard InChI is InChI=1S/C14H32NO2PS/c1-11(2)15(12(3)4)9-10-19-18(16,14(7)8)17-13(5)6/h11-14H,9-10H2,1-8H3. The Morgan fingerprint density at radius 2 is 1.47 bits per heavy atom. The van der Waals surface area contributed by atoms with E-state index in [0.29, 0.717) is 12.1 Å². The summed E-state index contributed by atoms with van der Waals surface area (Å²) in [5.74, 6) is 0.860. The van der Waals surface area contributed by atoms with Gasteiger partial charge in [-0.3, -0.25) is 9.46 Å². The van der Waals surface area contributed by atoms with Gasteiger partial charge in [0.05, 0.1) is 6.10 Å². The zero-order valence-corrected chi connectivity index (χ0v) is 15.6. The molecule has 0 saturated carbocycles. The molecule has 0 aromatic carbocycles. The van der Waals surface area contributed by atoms with Crippen LogP contribution in [0.5, 0.6) is 0 Å². The molecule has 0 aliphatic carbocycles. The van der Waals surface area contributed by atoms with Crippen molar-refractivity contribution in [3.63, 3.8) is 0 Å². The van der Waals surface area contributed by atoms with Crippen LogP contribution in [0.25, 0.3) is 0 Å². The highest BCUT2D eigenvalue weighted by Crippen LogP contribution is 2.63. The second kappa shape index (κ2) is 8.71. The molecule has 0 bridgehead atoms. The quantitative estimate of drug-likeness (QED) is 0.569. The average Bonchev–Trinajstić information content (AvgIpc) is 2.21. The van der Waals surface area contributed by atoms with Crippen LogP contribution in [0.1, 0.15) is 55.4 Å². The number of rotatable bonds is 9. The van der Waals surface area contributed by atoms with Crippen LogP contribution >= 0.6 is 18.0 Å². The lowest BCUT2D eigenvalue weighted by atomic mass is 10.2. The maximum Gasteiger partial charge on any atom is 0.260 e. The topological polar surface area (TPSA) is 29.5 Å². The van der Waals surface area contributed by atoms with Crippen molar-refractivity contribution in [1.29, 1.82) is 0 Å². The first-order valence-corrected chi connectivity index (χ1v) is 10.6. The van der Waals surface area contributed by atoms with Gasteiger partial charge in [-0.1, -0.05) is 25.2 Å². The summed E-state index contributed by atoms with van der Waals surface area (Å²) in [4.78, 5) is 2.42. The minimum absolute atomic E-state index is 0.0204. The molecule has 0 saturated heterocycles. The molecule has 0 aliphatic heterocycles. The van der Waals surface area contributed by atoms with E-state index >= 15 is 0 Å². The van der Waals surface area contributed by atoms with Crippen molar-refractivity contribution in [3.05, 3.63) is 0 Å². The van der Waals surface area contributed by atoms with Crippen LogP contribution in [0.15, 0.2) is 0 Å². The summed E-state index contributed by atoms with van der Waals surface area (Å²) in [6.45, 7) is 15.1. The van der Waals surface area contributed by atoms with Gasteiger partial charge in [0, 0.05) is 30.0 Å². The van der Waals surface area contributed by atoms with Crippen LogP contribution in [0.3, 0.4) is 0 Å². The molecule has 3 nitrogen and oxygen atoms in total. The monoisotopic (exact) mass is 309 g/mol. The normalized spacial score (nSPS) is 16.1. The second-order valence-corrected chi connectivity index (χ2v) is 11.3. The Bertz CT molecular complexity index is 285. The first kappa shape index (κ1) is 19.5. The van der Waals surface area contributed by atoms with Crippen LogP contribution in [-0.2, 0) is 9.09 Å². The van der Waals surface area contributed by atoms with E-state index in [9.17, 15) is 4.57 Å². The Balaban J connectivity index is 4.46. The summed E-state index contributed by atoms with van der Waals surface area (Å²) < 4.78 is 18.5. The molecule has 0 aliphatic rings. The van der Waals surface area contributed by atoms with Gasteiger partial charge in [0.1, 0.15) is 0 Å². The first-order valence-electron chi connectivity index (χ1n) is 7.28. The number of nitrogens with zero attached hydrogens (tertiary/aromatic N) is 1. The summed E-state index contributed by atoms with van der Waals surface area (Å²) in [7, 11) is 0. The van der Waals surface area contributed by atoms with Gasteiger partial charge in [-0.15, -0.1) is 0 Å². The lowest BCUT2D eigenvalue weighted by Gasteiger charge is -2.31. The summed E-state index contributed by atoms with van der Waals surface area (Å²) in [6, 6.07) is 1.04. The first-order chi connectivity index (χ1) is 8.60. The van der Waals surface area contributed by atoms with Crippen LogP contribution in [0, 0.1) is 0 Å². The average molecular weight is 309 g/mol. The highest BCUT2D eigenvalue weighted by Gasteiger charge is 2.30. The minimum atomic E-state index is -2.57. The van der Waals surface area contributed by atoms with Crippen LogP contribution < -0.4 is 0 Å². The maximum atomic E-state index is 12.8. The van der Waals surface area contributed by atoms with Gasteiger partial charge in [-0.05, 0) is 41.5 Å². The third-order valence-corrected chi connectivity index (χ3v) is 8.79. The van der Waals surface area contributed by atoms with E-state index in [0.717, 1.165) is 12.3 Å². The second-order valence-electron chi connectivity index (χ2n) is 6.05. The maximum absolute atomic E-state index is 12.8. The van der Waals surface area contributed by atoms with Gasteiger partial charge < -0.3 is 4.52 Å². The van der Waals surface area contributed by atoms with Crippen molar-refractivity contribution >= 4 is 18.0 Å². The molecule has 1 unspecified atom stereocenters. The third-order valence-electron chi connectivity index (χ3n) is 2.94. The Labute approximate surface area is 124 Å². The van der Waals surface area contributed by atoms with Crippen molar-refractivity contribution < 1.29 is 9.09 Å². The molecule has 116 valence electrons. The minimum Gasteiger partial charge on any atom is -0.318 e. The van der Waals surface area contributed by atoms with Crippen molar-refractivity contribution in [2.45, 2.75) is 79.2 Å². The lowest BCUT2D eigenvalue weighted by Crippen LogP contribution is -2.38. The third kappa shape index (κ3) is 7.17. The zero-order valence-electron chi connectivity index (χ0n) is 13.8. The van der Waals surface area contributed by atoms with Crippen LogP contribution in [0.4, 0.5) is 0 Å².